The first kappa shape index (κ1) is 13.6. The quantitative estimate of drug-likeness (QED) is 0.614. The minimum absolute atomic E-state index is 0.701. The number of nitrogens with zero attached hydrogens (tertiary/aromatic N) is 4. The molecule has 1 saturated heterocycles. The van der Waals surface area contributed by atoms with Crippen molar-refractivity contribution in [3.63, 3.8) is 0 Å². The maximum absolute atomic E-state index is 5.49. The summed E-state index contributed by atoms with van der Waals surface area (Å²) in [4.78, 5) is 13.9. The first-order valence-corrected chi connectivity index (χ1v) is 7.60. The van der Waals surface area contributed by atoms with Crippen LogP contribution in [0.15, 0.2) is 6.07 Å². The van der Waals surface area contributed by atoms with E-state index < -0.39 is 0 Å². The monoisotopic (exact) mass is 276 g/mol. The summed E-state index contributed by atoms with van der Waals surface area (Å²) in [5, 5.41) is 0. The van der Waals surface area contributed by atoms with Crippen LogP contribution in [0.4, 0.5) is 11.6 Å². The molecule has 110 valence electrons. The minimum Gasteiger partial charge on any atom is -0.354 e. The van der Waals surface area contributed by atoms with Gasteiger partial charge in [0.2, 0.25) is 0 Å². The van der Waals surface area contributed by atoms with Crippen LogP contribution >= 0.6 is 0 Å². The average molecular weight is 276 g/mol. The maximum Gasteiger partial charge on any atom is 0.145 e. The van der Waals surface area contributed by atoms with E-state index in [1.54, 1.807) is 0 Å². The second-order valence-electron chi connectivity index (χ2n) is 5.76. The van der Waals surface area contributed by atoms with Crippen LogP contribution in [0.3, 0.4) is 0 Å². The zero-order valence-corrected chi connectivity index (χ0v) is 12.2. The molecule has 3 rings (SSSR count). The highest BCUT2D eigenvalue weighted by Crippen LogP contribution is 2.30. The van der Waals surface area contributed by atoms with Crippen molar-refractivity contribution in [1.29, 1.82) is 0 Å². The molecule has 1 aromatic heterocycles. The van der Waals surface area contributed by atoms with Crippen LogP contribution in [0.2, 0.25) is 0 Å². The Morgan fingerprint density at radius 3 is 2.60 bits per heavy atom. The highest BCUT2D eigenvalue weighted by atomic mass is 15.3. The lowest BCUT2D eigenvalue weighted by Gasteiger charge is -2.35. The number of aromatic nitrogens is 2. The summed E-state index contributed by atoms with van der Waals surface area (Å²) in [6, 6.07) is 1.94. The highest BCUT2D eigenvalue weighted by Gasteiger charge is 2.26. The molecule has 0 amide bonds. The summed E-state index contributed by atoms with van der Waals surface area (Å²) < 4.78 is 0. The number of piperazine rings is 1. The number of nitrogen functional groups attached to an aromatic ring is 1. The van der Waals surface area contributed by atoms with Gasteiger partial charge in [0.1, 0.15) is 17.5 Å². The Hall–Kier alpha value is -1.40. The van der Waals surface area contributed by atoms with Gasteiger partial charge in [0.25, 0.3) is 0 Å². The van der Waals surface area contributed by atoms with Gasteiger partial charge >= 0.3 is 0 Å². The summed E-state index contributed by atoms with van der Waals surface area (Å²) >= 11 is 0. The third kappa shape index (κ3) is 3.19. The average Bonchev–Trinajstić information content (AvgIpc) is 3.31. The van der Waals surface area contributed by atoms with Gasteiger partial charge in [-0.15, -0.1) is 0 Å². The Balaban J connectivity index is 1.64. The number of rotatable bonds is 5. The molecule has 1 saturated carbocycles. The molecule has 1 aromatic rings. The zero-order valence-electron chi connectivity index (χ0n) is 12.2. The van der Waals surface area contributed by atoms with Crippen molar-refractivity contribution in [1.82, 2.24) is 14.9 Å². The van der Waals surface area contributed by atoms with E-state index in [1.165, 1.54) is 19.4 Å². The van der Waals surface area contributed by atoms with E-state index in [1.807, 2.05) is 6.07 Å². The van der Waals surface area contributed by atoms with E-state index in [0.29, 0.717) is 5.82 Å². The molecule has 0 bridgehead atoms. The van der Waals surface area contributed by atoms with Gasteiger partial charge in [-0.2, -0.15) is 0 Å². The first-order valence-electron chi connectivity index (χ1n) is 7.60. The van der Waals surface area contributed by atoms with Gasteiger partial charge in [0.05, 0.1) is 0 Å². The molecule has 0 atom stereocenters. The molecule has 2 fully saturated rings. The summed E-state index contributed by atoms with van der Waals surface area (Å²) in [5.41, 5.74) is 2.64. The fourth-order valence-electron chi connectivity index (χ4n) is 2.70. The highest BCUT2D eigenvalue weighted by molar-refractivity contribution is 5.49. The molecule has 1 aliphatic heterocycles. The number of nitrogens with one attached hydrogen (secondary N) is 1. The minimum atomic E-state index is 0.701. The molecule has 2 aliphatic rings. The van der Waals surface area contributed by atoms with Gasteiger partial charge < -0.3 is 10.3 Å². The molecule has 6 nitrogen and oxygen atoms in total. The van der Waals surface area contributed by atoms with Crippen LogP contribution in [0.1, 0.15) is 25.6 Å². The fraction of sp³-hybridized carbons (Fsp3) is 0.714. The molecular weight excluding hydrogens is 252 g/mol. The van der Waals surface area contributed by atoms with E-state index in [0.717, 1.165) is 50.2 Å². The van der Waals surface area contributed by atoms with Crippen LogP contribution < -0.4 is 16.2 Å². The Morgan fingerprint density at radius 2 is 2.00 bits per heavy atom. The molecule has 0 spiro atoms. The smallest absolute Gasteiger partial charge is 0.145 e. The Morgan fingerprint density at radius 1 is 1.25 bits per heavy atom. The lowest BCUT2D eigenvalue weighted by atomic mass is 10.2. The summed E-state index contributed by atoms with van der Waals surface area (Å²) in [7, 11) is 0. The second-order valence-corrected chi connectivity index (χ2v) is 5.76. The largest absolute Gasteiger partial charge is 0.354 e. The lowest BCUT2D eigenvalue weighted by molar-refractivity contribution is 0.247. The van der Waals surface area contributed by atoms with E-state index in [2.05, 4.69) is 32.1 Å². The van der Waals surface area contributed by atoms with E-state index in [-0.39, 0.29) is 0 Å². The molecule has 0 radical (unpaired) electrons. The molecule has 1 aliphatic carbocycles. The van der Waals surface area contributed by atoms with E-state index in [9.17, 15) is 0 Å². The third-order valence-electron chi connectivity index (χ3n) is 4.13. The number of anilines is 2. The summed E-state index contributed by atoms with van der Waals surface area (Å²) in [6.45, 7) is 7.69. The predicted octanol–water partition coefficient (Wildman–Crippen LogP) is 0.857. The zero-order chi connectivity index (χ0) is 13.9. The van der Waals surface area contributed by atoms with Crippen molar-refractivity contribution >= 4 is 11.6 Å². The predicted molar refractivity (Wildman–Crippen MR) is 80.6 cm³/mol. The maximum atomic E-state index is 5.49. The number of nitrogens with two attached hydrogens (primary N) is 1. The standard InChI is InChI=1S/C14H24N6/c1-2-12-16-13(18-15)9-14(17-12)20-7-5-19(6-8-20)10-11-3-4-11/h9,11H,2-8,10,15H2,1H3,(H,16,17,18). The number of hydrogen-bond acceptors (Lipinski definition) is 6. The van der Waals surface area contributed by atoms with Crippen molar-refractivity contribution in [2.75, 3.05) is 43.0 Å². The summed E-state index contributed by atoms with van der Waals surface area (Å²) in [6.07, 6.45) is 3.68. The molecule has 3 N–H and O–H groups in total. The number of hydrazine groups is 1. The van der Waals surface area contributed by atoms with Crippen molar-refractivity contribution in [3.05, 3.63) is 11.9 Å². The van der Waals surface area contributed by atoms with Crippen LogP contribution in [0.25, 0.3) is 0 Å². The lowest BCUT2D eigenvalue weighted by Crippen LogP contribution is -2.47. The third-order valence-corrected chi connectivity index (χ3v) is 4.13. The van der Waals surface area contributed by atoms with Crippen LogP contribution in [0, 0.1) is 5.92 Å². The van der Waals surface area contributed by atoms with Gasteiger partial charge in [-0.05, 0) is 18.8 Å². The fourth-order valence-corrected chi connectivity index (χ4v) is 2.70. The number of hydrogen-bond donors (Lipinski definition) is 2. The van der Waals surface area contributed by atoms with Gasteiger partial charge in [-0.25, -0.2) is 15.8 Å². The van der Waals surface area contributed by atoms with Gasteiger partial charge in [0, 0.05) is 45.2 Å². The van der Waals surface area contributed by atoms with Crippen molar-refractivity contribution in [3.8, 4) is 0 Å². The molecule has 2 heterocycles. The first-order chi connectivity index (χ1) is 9.78. The van der Waals surface area contributed by atoms with Crippen LogP contribution in [-0.2, 0) is 6.42 Å². The van der Waals surface area contributed by atoms with Crippen molar-refractivity contribution in [2.24, 2.45) is 11.8 Å². The molecule has 0 unspecified atom stereocenters. The van der Waals surface area contributed by atoms with Gasteiger partial charge in [0.15, 0.2) is 0 Å². The molecular formula is C14H24N6. The SMILES string of the molecule is CCc1nc(NN)cc(N2CCN(CC3CC3)CC2)n1. The second kappa shape index (κ2) is 5.93. The molecule has 0 aromatic carbocycles. The van der Waals surface area contributed by atoms with E-state index >= 15 is 0 Å². The number of aryl methyl sites for hydroxylation is 1. The van der Waals surface area contributed by atoms with Gasteiger partial charge in [-0.3, -0.25) is 4.90 Å². The van der Waals surface area contributed by atoms with Crippen LogP contribution in [0.5, 0.6) is 0 Å². The summed E-state index contributed by atoms with van der Waals surface area (Å²) in [5.74, 6) is 9.00. The van der Waals surface area contributed by atoms with Crippen molar-refractivity contribution in [2.45, 2.75) is 26.2 Å². The normalized spacial score (nSPS) is 20.2. The van der Waals surface area contributed by atoms with Gasteiger partial charge in [-0.1, -0.05) is 6.92 Å². The van der Waals surface area contributed by atoms with Crippen LogP contribution in [-0.4, -0.2) is 47.6 Å². The topological polar surface area (TPSA) is 70.3 Å². The molecule has 20 heavy (non-hydrogen) atoms. The van der Waals surface area contributed by atoms with Crippen molar-refractivity contribution < 1.29 is 0 Å². The Kier molecular flexibility index (Phi) is 4.03. The Bertz CT molecular complexity index is 429. The van der Waals surface area contributed by atoms with E-state index in [4.69, 9.17) is 5.84 Å². The molecule has 6 heteroatoms. The Labute approximate surface area is 120 Å².